The first-order valence-electron chi connectivity index (χ1n) is 14.8. The molecule has 47 heavy (non-hydrogen) atoms. The van der Waals surface area contributed by atoms with Crippen molar-refractivity contribution in [3.63, 3.8) is 0 Å². The number of nitrogens with one attached hydrogen (secondary N) is 2. The van der Waals surface area contributed by atoms with Gasteiger partial charge in [-0.2, -0.15) is 9.41 Å². The molecule has 0 heterocycles. The molecule has 0 aliphatic rings. The largest absolute Gasteiger partial charge is 0.493 e. The number of benzene rings is 4. The number of rotatable bonds is 16. The minimum atomic E-state index is -4.10. The number of ether oxygens (including phenoxy) is 3. The summed E-state index contributed by atoms with van der Waals surface area (Å²) in [5.74, 6) is 0.258. The van der Waals surface area contributed by atoms with Crippen molar-refractivity contribution in [1.82, 2.24) is 15.0 Å². The van der Waals surface area contributed by atoms with E-state index >= 15 is 0 Å². The molecule has 0 bridgehead atoms. The molecule has 0 saturated carbocycles. The number of carbonyl (C=O) groups is 2. The second-order valence-corrected chi connectivity index (χ2v) is 12.4. The van der Waals surface area contributed by atoms with Crippen LogP contribution in [0.4, 0.5) is 0 Å². The summed E-state index contributed by atoms with van der Waals surface area (Å²) in [5, 5.41) is 6.89. The summed E-state index contributed by atoms with van der Waals surface area (Å²) < 4.78 is 44.6. The van der Waals surface area contributed by atoms with Crippen LogP contribution in [-0.4, -0.2) is 64.7 Å². The quantitative estimate of drug-likeness (QED) is 0.135. The summed E-state index contributed by atoms with van der Waals surface area (Å²) in [5.41, 5.74) is 4.98. The summed E-state index contributed by atoms with van der Waals surface area (Å²) in [6.45, 7) is 1.36. The van der Waals surface area contributed by atoms with Crippen molar-refractivity contribution in [3.05, 3.63) is 120 Å². The molecule has 12 heteroatoms. The average Bonchev–Trinajstić information content (AvgIpc) is 3.10. The van der Waals surface area contributed by atoms with Crippen LogP contribution in [0.3, 0.4) is 0 Å². The van der Waals surface area contributed by atoms with Gasteiger partial charge in [-0.3, -0.25) is 9.59 Å². The third kappa shape index (κ3) is 10.1. The van der Waals surface area contributed by atoms with E-state index in [1.807, 2.05) is 67.6 Å². The molecule has 4 aromatic carbocycles. The molecule has 11 nitrogen and oxygen atoms in total. The molecule has 246 valence electrons. The van der Waals surface area contributed by atoms with Crippen molar-refractivity contribution in [2.24, 2.45) is 5.10 Å². The van der Waals surface area contributed by atoms with Crippen LogP contribution < -0.4 is 25.0 Å². The van der Waals surface area contributed by atoms with E-state index in [0.29, 0.717) is 23.5 Å². The van der Waals surface area contributed by atoms with E-state index < -0.39 is 22.5 Å². The van der Waals surface area contributed by atoms with Crippen molar-refractivity contribution in [3.8, 4) is 17.2 Å². The van der Waals surface area contributed by atoms with E-state index in [-0.39, 0.29) is 35.7 Å². The fourth-order valence-electron chi connectivity index (χ4n) is 4.59. The predicted molar refractivity (Wildman–Crippen MR) is 179 cm³/mol. The molecule has 0 aliphatic carbocycles. The second kappa shape index (κ2) is 16.9. The van der Waals surface area contributed by atoms with E-state index in [2.05, 4.69) is 15.8 Å². The molecule has 4 rings (SSSR count). The monoisotopic (exact) mass is 658 g/mol. The molecule has 2 amide bonds. The van der Waals surface area contributed by atoms with Gasteiger partial charge in [-0.1, -0.05) is 60.7 Å². The summed E-state index contributed by atoms with van der Waals surface area (Å²) in [7, 11) is -1.22. The zero-order valence-electron chi connectivity index (χ0n) is 26.5. The van der Waals surface area contributed by atoms with Gasteiger partial charge in [-0.15, -0.1) is 0 Å². The predicted octanol–water partition coefficient (Wildman–Crippen LogP) is 4.34. The highest BCUT2D eigenvalue weighted by atomic mass is 32.2. The third-order valence-corrected chi connectivity index (χ3v) is 8.98. The number of hydrazone groups is 1. The van der Waals surface area contributed by atoms with Gasteiger partial charge >= 0.3 is 0 Å². The van der Waals surface area contributed by atoms with Crippen molar-refractivity contribution in [1.29, 1.82) is 0 Å². The maximum atomic E-state index is 13.7. The normalized spacial score (nSPS) is 12.0. The SMILES string of the molecule is COc1ccc(S(=O)(=O)N(CCc2ccccc2)CC(=O)N/N=C\c2ccc(OCC(=O)N[C@H](C)c3ccccc3)cc2)cc1OC. The van der Waals surface area contributed by atoms with E-state index in [9.17, 15) is 18.0 Å². The highest BCUT2D eigenvalue weighted by molar-refractivity contribution is 7.89. The van der Waals surface area contributed by atoms with Gasteiger partial charge < -0.3 is 19.5 Å². The molecule has 4 aromatic rings. The Balaban J connectivity index is 1.34. The van der Waals surface area contributed by atoms with Crippen LogP contribution in [0.25, 0.3) is 0 Å². The molecule has 0 unspecified atom stereocenters. The third-order valence-electron chi connectivity index (χ3n) is 7.14. The Kier molecular flexibility index (Phi) is 12.5. The van der Waals surface area contributed by atoms with Crippen LogP contribution in [0.2, 0.25) is 0 Å². The molecule has 1 atom stereocenters. The lowest BCUT2D eigenvalue weighted by atomic mass is 10.1. The minimum Gasteiger partial charge on any atom is -0.493 e. The van der Waals surface area contributed by atoms with Crippen molar-refractivity contribution < 1.29 is 32.2 Å². The Morgan fingerprint density at radius 1 is 0.851 bits per heavy atom. The van der Waals surface area contributed by atoms with Crippen molar-refractivity contribution in [2.45, 2.75) is 24.3 Å². The summed E-state index contributed by atoms with van der Waals surface area (Å²) in [4.78, 5) is 25.2. The molecule has 0 radical (unpaired) electrons. The molecule has 2 N–H and O–H groups in total. The highest BCUT2D eigenvalue weighted by Crippen LogP contribution is 2.30. The number of hydrogen-bond donors (Lipinski definition) is 2. The Bertz CT molecular complexity index is 1750. The molecule has 0 aromatic heterocycles. The standard InChI is InChI=1S/C35H38N4O7S/c1-26(29-12-8-5-9-13-29)37-35(41)25-46-30-16-14-28(15-17-30)23-36-38-34(40)24-39(21-20-27-10-6-4-7-11-27)47(42,43)31-18-19-32(44-2)33(22-31)45-3/h4-19,22-23,26H,20-21,24-25H2,1-3H3,(H,37,41)(H,38,40)/b36-23-/t26-/m1/s1. The molecule has 0 fully saturated rings. The zero-order valence-corrected chi connectivity index (χ0v) is 27.3. The number of nitrogens with zero attached hydrogens (tertiary/aromatic N) is 2. The molecular weight excluding hydrogens is 620 g/mol. The lowest BCUT2D eigenvalue weighted by molar-refractivity contribution is -0.124. The number of sulfonamides is 1. The van der Waals surface area contributed by atoms with E-state index in [0.717, 1.165) is 15.4 Å². The molecule has 0 spiro atoms. The van der Waals surface area contributed by atoms with Gasteiger partial charge in [-0.05, 0) is 66.4 Å². The molecule has 0 saturated heterocycles. The van der Waals surface area contributed by atoms with E-state index in [1.54, 1.807) is 24.3 Å². The van der Waals surface area contributed by atoms with Crippen LogP contribution in [0.5, 0.6) is 17.2 Å². The number of methoxy groups -OCH3 is 2. The lowest BCUT2D eigenvalue weighted by Crippen LogP contribution is -2.40. The number of carbonyl (C=O) groups excluding carboxylic acids is 2. The first-order chi connectivity index (χ1) is 22.7. The zero-order chi connectivity index (χ0) is 33.6. The van der Waals surface area contributed by atoms with Crippen LogP contribution in [-0.2, 0) is 26.0 Å². The van der Waals surface area contributed by atoms with Crippen LogP contribution in [0, 0.1) is 0 Å². The Morgan fingerprint density at radius 3 is 2.17 bits per heavy atom. The summed E-state index contributed by atoms with van der Waals surface area (Å²) >= 11 is 0. The maximum absolute atomic E-state index is 13.7. The fourth-order valence-corrected chi connectivity index (χ4v) is 6.00. The van der Waals surface area contributed by atoms with Gasteiger partial charge in [0, 0.05) is 12.6 Å². The Labute approximate surface area is 275 Å². The number of hydrogen-bond acceptors (Lipinski definition) is 8. The van der Waals surface area contributed by atoms with Crippen molar-refractivity contribution >= 4 is 28.1 Å². The first-order valence-corrected chi connectivity index (χ1v) is 16.3. The van der Waals surface area contributed by atoms with E-state index in [1.165, 1.54) is 38.6 Å². The minimum absolute atomic E-state index is 0.0370. The van der Waals surface area contributed by atoms with Crippen LogP contribution in [0.15, 0.2) is 113 Å². The van der Waals surface area contributed by atoms with Gasteiger partial charge in [0.1, 0.15) is 5.75 Å². The van der Waals surface area contributed by atoms with Gasteiger partial charge in [-0.25, -0.2) is 13.8 Å². The van der Waals surface area contributed by atoms with E-state index in [4.69, 9.17) is 14.2 Å². The Hall–Kier alpha value is -5.20. The fraction of sp³-hybridized carbons (Fsp3) is 0.229. The van der Waals surface area contributed by atoms with Crippen LogP contribution >= 0.6 is 0 Å². The number of amides is 2. The summed E-state index contributed by atoms with van der Waals surface area (Å²) in [6.07, 6.45) is 1.82. The smallest absolute Gasteiger partial charge is 0.258 e. The highest BCUT2D eigenvalue weighted by Gasteiger charge is 2.27. The Morgan fingerprint density at radius 2 is 1.51 bits per heavy atom. The van der Waals surface area contributed by atoms with Crippen LogP contribution in [0.1, 0.15) is 29.7 Å². The summed E-state index contributed by atoms with van der Waals surface area (Å²) in [6, 6.07) is 29.9. The maximum Gasteiger partial charge on any atom is 0.258 e. The topological polar surface area (TPSA) is 136 Å². The second-order valence-electron chi connectivity index (χ2n) is 10.4. The first kappa shape index (κ1) is 34.7. The van der Waals surface area contributed by atoms with Crippen molar-refractivity contribution in [2.75, 3.05) is 33.9 Å². The van der Waals surface area contributed by atoms with Gasteiger partial charge in [0.15, 0.2) is 18.1 Å². The average molecular weight is 659 g/mol. The molecular formula is C35H38N4O7S. The lowest BCUT2D eigenvalue weighted by Gasteiger charge is -2.22. The molecule has 0 aliphatic heterocycles. The van der Waals surface area contributed by atoms with Gasteiger partial charge in [0.2, 0.25) is 10.0 Å². The van der Waals surface area contributed by atoms with Gasteiger partial charge in [0.05, 0.1) is 37.9 Å². The van der Waals surface area contributed by atoms with Gasteiger partial charge in [0.25, 0.3) is 11.8 Å².